The first kappa shape index (κ1) is 19.8. The fourth-order valence-corrected chi connectivity index (χ4v) is 2.87. The van der Waals surface area contributed by atoms with Gasteiger partial charge in [0.25, 0.3) is 0 Å². The summed E-state index contributed by atoms with van der Waals surface area (Å²) in [5, 5.41) is 0. The van der Waals surface area contributed by atoms with Crippen molar-refractivity contribution < 1.29 is 23.8 Å². The summed E-state index contributed by atoms with van der Waals surface area (Å²) in [4.78, 5) is 25.1. The number of carbonyl (C=O) groups is 2. The van der Waals surface area contributed by atoms with Crippen molar-refractivity contribution in [2.24, 2.45) is 0 Å². The van der Waals surface area contributed by atoms with Gasteiger partial charge in [-0.15, -0.1) is 11.8 Å². The van der Waals surface area contributed by atoms with Crippen molar-refractivity contribution in [3.05, 3.63) is 53.6 Å². The average Bonchev–Trinajstić information content (AvgIpc) is 2.69. The molecule has 0 atom stereocenters. The largest absolute Gasteiger partial charge is 0.493 e. The molecular weight excluding hydrogens is 352 g/mol. The lowest BCUT2D eigenvalue weighted by molar-refractivity contribution is -0.142. The third-order valence-corrected chi connectivity index (χ3v) is 4.60. The van der Waals surface area contributed by atoms with Crippen LogP contribution in [0.4, 0.5) is 0 Å². The first-order valence-corrected chi connectivity index (χ1v) is 9.34. The van der Waals surface area contributed by atoms with Crippen LogP contribution in [0.25, 0.3) is 0 Å². The number of para-hydroxylation sites is 1. The van der Waals surface area contributed by atoms with Crippen molar-refractivity contribution >= 4 is 23.5 Å². The van der Waals surface area contributed by atoms with Gasteiger partial charge in [0.2, 0.25) is 0 Å². The third kappa shape index (κ3) is 5.26. The maximum atomic E-state index is 12.1. The van der Waals surface area contributed by atoms with Crippen molar-refractivity contribution in [3.63, 3.8) is 0 Å². The van der Waals surface area contributed by atoms with E-state index in [4.69, 9.17) is 14.2 Å². The number of Topliss-reactive ketones (excluding diaryl/α,β-unsaturated/α-hetero) is 1. The number of rotatable bonds is 9. The second kappa shape index (κ2) is 9.87. The lowest BCUT2D eigenvalue weighted by Gasteiger charge is -2.12. The Morgan fingerprint density at radius 1 is 1.00 bits per heavy atom. The Kier molecular flexibility index (Phi) is 7.53. The maximum absolute atomic E-state index is 12.1. The van der Waals surface area contributed by atoms with E-state index >= 15 is 0 Å². The molecule has 2 rings (SSSR count). The number of benzene rings is 2. The molecule has 2 aromatic rings. The van der Waals surface area contributed by atoms with Gasteiger partial charge in [-0.1, -0.05) is 24.3 Å². The number of thioether (sulfide) groups is 1. The number of hydrogen-bond donors (Lipinski definition) is 0. The Bertz CT molecular complexity index is 755. The van der Waals surface area contributed by atoms with Crippen LogP contribution in [0.5, 0.6) is 11.5 Å². The zero-order valence-corrected chi connectivity index (χ0v) is 15.9. The van der Waals surface area contributed by atoms with E-state index in [-0.39, 0.29) is 18.8 Å². The smallest absolute Gasteiger partial charge is 0.306 e. The van der Waals surface area contributed by atoms with Gasteiger partial charge in [0.05, 0.1) is 14.2 Å². The van der Waals surface area contributed by atoms with Crippen LogP contribution >= 0.6 is 11.8 Å². The lowest BCUT2D eigenvalue weighted by Crippen LogP contribution is -2.14. The molecule has 0 aliphatic rings. The second-order valence-electron chi connectivity index (χ2n) is 5.47. The zero-order chi connectivity index (χ0) is 18.9. The van der Waals surface area contributed by atoms with E-state index in [1.54, 1.807) is 44.2 Å². The van der Waals surface area contributed by atoms with E-state index in [1.165, 1.54) is 0 Å². The molecule has 0 spiro atoms. The fourth-order valence-electron chi connectivity index (χ4n) is 2.47. The van der Waals surface area contributed by atoms with Crippen LogP contribution in [0.15, 0.2) is 47.4 Å². The topological polar surface area (TPSA) is 61.8 Å². The van der Waals surface area contributed by atoms with Crippen molar-refractivity contribution in [3.8, 4) is 11.5 Å². The highest BCUT2D eigenvalue weighted by molar-refractivity contribution is 7.98. The summed E-state index contributed by atoms with van der Waals surface area (Å²) >= 11 is 1.60. The number of aryl methyl sites for hydroxylation is 1. The highest BCUT2D eigenvalue weighted by Crippen LogP contribution is 2.31. The van der Waals surface area contributed by atoms with Crippen molar-refractivity contribution in [2.45, 2.75) is 17.7 Å². The number of carbonyl (C=O) groups excluding carboxylic acids is 2. The van der Waals surface area contributed by atoms with E-state index in [2.05, 4.69) is 0 Å². The minimum atomic E-state index is -0.427. The summed E-state index contributed by atoms with van der Waals surface area (Å²) in [7, 11) is 3.12. The Hall–Kier alpha value is -2.47. The van der Waals surface area contributed by atoms with Gasteiger partial charge < -0.3 is 14.2 Å². The second-order valence-corrected chi connectivity index (χ2v) is 6.34. The molecular formula is C20H22O5S. The minimum Gasteiger partial charge on any atom is -0.493 e. The van der Waals surface area contributed by atoms with E-state index in [0.29, 0.717) is 23.5 Å². The lowest BCUT2D eigenvalue weighted by atomic mass is 10.1. The molecule has 0 aliphatic carbocycles. The predicted octanol–water partition coefficient (Wildman–Crippen LogP) is 3.78. The molecule has 5 nitrogen and oxygen atoms in total. The Balaban J connectivity index is 1.86. The molecule has 0 bridgehead atoms. The van der Waals surface area contributed by atoms with Crippen molar-refractivity contribution in [1.82, 2.24) is 0 Å². The van der Waals surface area contributed by atoms with Crippen LogP contribution < -0.4 is 9.47 Å². The molecule has 6 heteroatoms. The molecule has 0 amide bonds. The van der Waals surface area contributed by atoms with E-state index < -0.39 is 5.97 Å². The van der Waals surface area contributed by atoms with Gasteiger partial charge >= 0.3 is 5.97 Å². The standard InChI is InChI=1S/C20H22O5S/c1-23-18-6-4-5-15(20(18)24-2)9-12-19(22)25-13-17(21)14-7-10-16(26-3)11-8-14/h4-8,10-11H,9,12-13H2,1-3H3. The molecule has 0 aliphatic heterocycles. The number of hydrogen-bond acceptors (Lipinski definition) is 6. The Morgan fingerprint density at radius 2 is 1.73 bits per heavy atom. The summed E-state index contributed by atoms with van der Waals surface area (Å²) in [5.41, 5.74) is 1.38. The van der Waals surface area contributed by atoms with Crippen LogP contribution in [-0.4, -0.2) is 38.8 Å². The SMILES string of the molecule is COc1cccc(CCC(=O)OCC(=O)c2ccc(SC)cc2)c1OC. The van der Waals surface area contributed by atoms with Crippen LogP contribution in [0, 0.1) is 0 Å². The molecule has 0 saturated heterocycles. The van der Waals surface area contributed by atoms with Crippen molar-refractivity contribution in [1.29, 1.82) is 0 Å². The van der Waals surface area contributed by atoms with Gasteiger partial charge in [-0.3, -0.25) is 9.59 Å². The van der Waals surface area contributed by atoms with Gasteiger partial charge in [0.1, 0.15) is 0 Å². The normalized spacial score (nSPS) is 10.3. The maximum Gasteiger partial charge on any atom is 0.306 e. The first-order valence-electron chi connectivity index (χ1n) is 8.11. The van der Waals surface area contributed by atoms with E-state index in [9.17, 15) is 9.59 Å². The summed E-state index contributed by atoms with van der Waals surface area (Å²) in [5.74, 6) is 0.573. The Labute approximate surface area is 157 Å². The summed E-state index contributed by atoms with van der Waals surface area (Å²) in [6, 6.07) is 12.7. The number of ketones is 1. The van der Waals surface area contributed by atoms with Gasteiger partial charge in [0.15, 0.2) is 23.9 Å². The number of esters is 1. The molecule has 0 fully saturated rings. The average molecular weight is 374 g/mol. The van der Waals surface area contributed by atoms with Crippen LogP contribution in [0.2, 0.25) is 0 Å². The summed E-state index contributed by atoms with van der Waals surface area (Å²) in [6.07, 6.45) is 2.56. The van der Waals surface area contributed by atoms with Crippen LogP contribution in [0.3, 0.4) is 0 Å². The summed E-state index contributed by atoms with van der Waals surface area (Å²) < 4.78 is 15.7. The molecule has 0 N–H and O–H groups in total. The molecule has 26 heavy (non-hydrogen) atoms. The molecule has 0 radical (unpaired) electrons. The monoisotopic (exact) mass is 374 g/mol. The zero-order valence-electron chi connectivity index (χ0n) is 15.1. The molecule has 0 unspecified atom stereocenters. The predicted molar refractivity (Wildman–Crippen MR) is 101 cm³/mol. The fraction of sp³-hybridized carbons (Fsp3) is 0.300. The molecule has 138 valence electrons. The highest BCUT2D eigenvalue weighted by Gasteiger charge is 2.13. The summed E-state index contributed by atoms with van der Waals surface area (Å²) in [6.45, 7) is -0.257. The van der Waals surface area contributed by atoms with E-state index in [0.717, 1.165) is 10.5 Å². The van der Waals surface area contributed by atoms with Gasteiger partial charge in [-0.25, -0.2) is 0 Å². The first-order chi connectivity index (χ1) is 12.6. The quantitative estimate of drug-likeness (QED) is 0.378. The van der Waals surface area contributed by atoms with Crippen LogP contribution in [-0.2, 0) is 16.0 Å². The van der Waals surface area contributed by atoms with Gasteiger partial charge in [0, 0.05) is 16.9 Å². The molecule has 0 saturated carbocycles. The number of ether oxygens (including phenoxy) is 3. The molecule has 0 heterocycles. The minimum absolute atomic E-state index is 0.155. The molecule has 0 aromatic heterocycles. The molecule has 2 aromatic carbocycles. The van der Waals surface area contributed by atoms with Gasteiger partial charge in [-0.05, 0) is 36.4 Å². The highest BCUT2D eigenvalue weighted by atomic mass is 32.2. The van der Waals surface area contributed by atoms with Gasteiger partial charge in [-0.2, -0.15) is 0 Å². The van der Waals surface area contributed by atoms with E-state index in [1.807, 2.05) is 30.5 Å². The van der Waals surface area contributed by atoms with Crippen molar-refractivity contribution in [2.75, 3.05) is 27.1 Å². The third-order valence-electron chi connectivity index (χ3n) is 3.86. The van der Waals surface area contributed by atoms with Crippen LogP contribution in [0.1, 0.15) is 22.3 Å². The Morgan fingerprint density at radius 3 is 2.35 bits per heavy atom. The number of methoxy groups -OCH3 is 2.